The maximum Gasteiger partial charge on any atom is 0.255 e. The van der Waals surface area contributed by atoms with Gasteiger partial charge in [0, 0.05) is 23.6 Å². The summed E-state index contributed by atoms with van der Waals surface area (Å²) < 4.78 is 11.6. The number of anilines is 3. The molecule has 0 aliphatic rings. The second-order valence-corrected chi connectivity index (χ2v) is 8.41. The molecule has 0 aliphatic heterocycles. The van der Waals surface area contributed by atoms with Crippen LogP contribution in [0.3, 0.4) is 0 Å². The van der Waals surface area contributed by atoms with E-state index in [-0.39, 0.29) is 12.5 Å². The van der Waals surface area contributed by atoms with E-state index >= 15 is 0 Å². The van der Waals surface area contributed by atoms with E-state index in [1.54, 1.807) is 48.5 Å². The number of nitrogen functional groups attached to an aromatic ring is 1. The Morgan fingerprint density at radius 1 is 1.06 bits per heavy atom. The Morgan fingerprint density at radius 3 is 2.54 bits per heavy atom. The maximum atomic E-state index is 12.5. The molecule has 1 aromatic heterocycles. The number of ether oxygens (including phenoxy) is 1. The molecule has 0 fully saturated rings. The zero-order valence-electron chi connectivity index (χ0n) is 19.7. The van der Waals surface area contributed by atoms with Crippen LogP contribution in [0.5, 0.6) is 5.75 Å². The van der Waals surface area contributed by atoms with Gasteiger partial charge in [0.25, 0.3) is 5.91 Å². The number of rotatable bonds is 10. The topological polar surface area (TPSA) is 101 Å². The van der Waals surface area contributed by atoms with Crippen molar-refractivity contribution < 1.29 is 18.7 Å². The molecule has 3 aromatic carbocycles. The maximum absolute atomic E-state index is 12.5. The number of carbonyl (C=O) groups is 2. The number of benzene rings is 3. The van der Waals surface area contributed by atoms with Crippen molar-refractivity contribution in [2.45, 2.75) is 6.54 Å². The molecule has 8 heteroatoms. The summed E-state index contributed by atoms with van der Waals surface area (Å²) in [6.45, 7) is 1.39. The van der Waals surface area contributed by atoms with Gasteiger partial charge in [-0.3, -0.25) is 14.5 Å². The summed E-state index contributed by atoms with van der Waals surface area (Å²) in [5.41, 5.74) is 9.31. The Kier molecular flexibility index (Phi) is 7.32. The fourth-order valence-electron chi connectivity index (χ4n) is 3.67. The molecule has 0 bridgehead atoms. The highest BCUT2D eigenvalue weighted by molar-refractivity contribution is 6.05. The molecule has 0 atom stereocenters. The van der Waals surface area contributed by atoms with E-state index in [1.807, 2.05) is 32.3 Å². The minimum Gasteiger partial charge on any atom is -0.492 e. The molecule has 0 radical (unpaired) electrons. The van der Waals surface area contributed by atoms with Crippen LogP contribution in [-0.2, 0) is 11.3 Å². The van der Waals surface area contributed by atoms with Crippen LogP contribution in [0.4, 0.5) is 17.3 Å². The first-order valence-electron chi connectivity index (χ1n) is 11.2. The van der Waals surface area contributed by atoms with Gasteiger partial charge in [-0.2, -0.15) is 0 Å². The minimum atomic E-state index is -0.264. The van der Waals surface area contributed by atoms with Gasteiger partial charge < -0.3 is 25.1 Å². The first kappa shape index (κ1) is 23.8. The van der Waals surface area contributed by atoms with E-state index in [0.29, 0.717) is 35.1 Å². The van der Waals surface area contributed by atoms with Crippen molar-refractivity contribution >= 4 is 40.5 Å². The van der Waals surface area contributed by atoms with Crippen LogP contribution in [0, 0.1) is 0 Å². The van der Waals surface area contributed by atoms with Crippen LogP contribution >= 0.6 is 0 Å². The van der Waals surface area contributed by atoms with Gasteiger partial charge in [0.2, 0.25) is 12.3 Å². The molecule has 35 heavy (non-hydrogen) atoms. The zero-order chi connectivity index (χ0) is 24.8. The Balaban J connectivity index is 1.33. The quantitative estimate of drug-likeness (QED) is 0.263. The molecule has 0 unspecified atom stereocenters. The Bertz CT molecular complexity index is 1310. The Morgan fingerprint density at radius 2 is 1.83 bits per heavy atom. The van der Waals surface area contributed by atoms with Crippen molar-refractivity contribution in [3.63, 3.8) is 0 Å². The van der Waals surface area contributed by atoms with E-state index in [4.69, 9.17) is 14.9 Å². The fourth-order valence-corrected chi connectivity index (χ4v) is 3.67. The number of furan rings is 1. The Hall–Kier alpha value is -4.30. The number of fused-ring (bicyclic) bond motifs is 1. The molecule has 2 amide bonds. The van der Waals surface area contributed by atoms with Gasteiger partial charge in [0.05, 0.1) is 17.9 Å². The number of hydrogen-bond donors (Lipinski definition) is 2. The smallest absolute Gasteiger partial charge is 0.255 e. The van der Waals surface area contributed by atoms with Gasteiger partial charge in [-0.1, -0.05) is 18.2 Å². The lowest BCUT2D eigenvalue weighted by atomic mass is 10.1. The predicted molar refractivity (Wildman–Crippen MR) is 138 cm³/mol. The first-order valence-corrected chi connectivity index (χ1v) is 11.2. The molecule has 0 saturated heterocycles. The third-order valence-electron chi connectivity index (χ3n) is 5.40. The molecular formula is C27H28N4O4. The second-order valence-electron chi connectivity index (χ2n) is 8.41. The molecule has 4 rings (SSSR count). The summed E-state index contributed by atoms with van der Waals surface area (Å²) in [6.07, 6.45) is 0.727. The molecule has 180 valence electrons. The average molecular weight is 473 g/mol. The largest absolute Gasteiger partial charge is 0.492 e. The lowest BCUT2D eigenvalue weighted by Gasteiger charge is -2.14. The number of nitrogens with one attached hydrogen (secondary N) is 1. The molecule has 4 aromatic rings. The van der Waals surface area contributed by atoms with Gasteiger partial charge in [-0.25, -0.2) is 0 Å². The number of amides is 2. The normalized spacial score (nSPS) is 10.9. The average Bonchev–Trinajstić information content (AvgIpc) is 3.26. The molecule has 3 N–H and O–H groups in total. The van der Waals surface area contributed by atoms with Crippen LogP contribution in [0.25, 0.3) is 11.0 Å². The minimum absolute atomic E-state index is 0.258. The van der Waals surface area contributed by atoms with E-state index in [1.165, 1.54) is 10.5 Å². The molecule has 8 nitrogen and oxygen atoms in total. The SMILES string of the molecule is CN(C)Cc1ccc2oc(N(C=O)CCOc3ccc(C(=O)Nc4ccccc4N)cc3)cc2c1. The number of nitrogens with two attached hydrogens (primary N) is 1. The van der Waals surface area contributed by atoms with Gasteiger partial charge in [-0.15, -0.1) is 0 Å². The van der Waals surface area contributed by atoms with Crippen LogP contribution in [0.15, 0.2) is 77.2 Å². The van der Waals surface area contributed by atoms with Gasteiger partial charge in [0.15, 0.2) is 0 Å². The van der Waals surface area contributed by atoms with E-state index in [0.717, 1.165) is 23.9 Å². The number of nitrogens with zero attached hydrogens (tertiary/aromatic N) is 2. The first-order chi connectivity index (χ1) is 16.9. The van der Waals surface area contributed by atoms with Gasteiger partial charge in [-0.05, 0) is 68.2 Å². The van der Waals surface area contributed by atoms with Crippen molar-refractivity contribution in [2.24, 2.45) is 0 Å². The van der Waals surface area contributed by atoms with E-state index in [9.17, 15) is 9.59 Å². The molecular weight excluding hydrogens is 444 g/mol. The van der Waals surface area contributed by atoms with Crippen molar-refractivity contribution in [1.82, 2.24) is 4.90 Å². The molecule has 0 spiro atoms. The highest BCUT2D eigenvalue weighted by atomic mass is 16.5. The zero-order valence-corrected chi connectivity index (χ0v) is 19.7. The summed E-state index contributed by atoms with van der Waals surface area (Å²) in [4.78, 5) is 27.7. The standard InChI is InChI=1S/C27H28N4O4/c1-30(2)17-19-7-12-25-21(15-19)16-26(35-25)31(18-32)13-14-34-22-10-8-20(9-11-22)27(33)29-24-6-4-3-5-23(24)28/h3-12,15-16,18H,13-14,17,28H2,1-2H3,(H,29,33). The summed E-state index contributed by atoms with van der Waals surface area (Å²) in [7, 11) is 4.03. The van der Waals surface area contributed by atoms with Crippen molar-refractivity contribution in [2.75, 3.05) is 43.2 Å². The summed E-state index contributed by atoms with van der Waals surface area (Å²) in [5, 5.41) is 3.73. The summed E-state index contributed by atoms with van der Waals surface area (Å²) in [5.74, 6) is 0.789. The lowest BCUT2D eigenvalue weighted by molar-refractivity contribution is -0.107. The van der Waals surface area contributed by atoms with Crippen LogP contribution < -0.4 is 20.7 Å². The van der Waals surface area contributed by atoms with E-state index in [2.05, 4.69) is 16.3 Å². The van der Waals surface area contributed by atoms with Crippen molar-refractivity contribution in [3.05, 3.63) is 83.9 Å². The number of carbonyl (C=O) groups excluding carboxylic acids is 2. The monoisotopic (exact) mass is 472 g/mol. The van der Waals surface area contributed by atoms with Gasteiger partial charge >= 0.3 is 0 Å². The highest BCUT2D eigenvalue weighted by Crippen LogP contribution is 2.27. The Labute approximate surface area is 203 Å². The van der Waals surface area contributed by atoms with Crippen molar-refractivity contribution in [3.8, 4) is 5.75 Å². The van der Waals surface area contributed by atoms with Crippen LogP contribution in [-0.4, -0.2) is 44.5 Å². The third-order valence-corrected chi connectivity index (χ3v) is 5.40. The fraction of sp³-hybridized carbons (Fsp3) is 0.185. The second kappa shape index (κ2) is 10.8. The van der Waals surface area contributed by atoms with Gasteiger partial charge in [0.1, 0.15) is 17.9 Å². The summed E-state index contributed by atoms with van der Waals surface area (Å²) in [6, 6.07) is 21.7. The number of para-hydroxylation sites is 2. The predicted octanol–water partition coefficient (Wildman–Crippen LogP) is 4.37. The lowest BCUT2D eigenvalue weighted by Crippen LogP contribution is -2.26. The van der Waals surface area contributed by atoms with Crippen LogP contribution in [0.1, 0.15) is 15.9 Å². The summed E-state index contributed by atoms with van der Waals surface area (Å²) >= 11 is 0. The third kappa shape index (κ3) is 5.99. The molecule has 0 saturated carbocycles. The molecule has 1 heterocycles. The number of hydrogen-bond acceptors (Lipinski definition) is 6. The highest BCUT2D eigenvalue weighted by Gasteiger charge is 2.13. The van der Waals surface area contributed by atoms with Crippen molar-refractivity contribution in [1.29, 1.82) is 0 Å². The van der Waals surface area contributed by atoms with E-state index < -0.39 is 0 Å². The van der Waals surface area contributed by atoms with Crippen LogP contribution in [0.2, 0.25) is 0 Å². The molecule has 0 aliphatic carbocycles.